The van der Waals surface area contributed by atoms with Crippen molar-refractivity contribution in [2.24, 2.45) is 7.05 Å². The molecule has 1 aromatic carbocycles. The van der Waals surface area contributed by atoms with Crippen LogP contribution in [0.4, 0.5) is 11.6 Å². The first-order chi connectivity index (χ1) is 14.0. The zero-order chi connectivity index (χ0) is 20.4. The lowest BCUT2D eigenvalue weighted by molar-refractivity contribution is 0.102. The summed E-state index contributed by atoms with van der Waals surface area (Å²) in [6.45, 7) is 7.15. The number of aromatic nitrogens is 4. The van der Waals surface area contributed by atoms with Crippen LogP contribution in [0.2, 0.25) is 0 Å². The van der Waals surface area contributed by atoms with E-state index in [-0.39, 0.29) is 5.91 Å². The fourth-order valence-electron chi connectivity index (χ4n) is 3.51. The van der Waals surface area contributed by atoms with Gasteiger partial charge in [-0.1, -0.05) is 0 Å². The minimum atomic E-state index is -0.294. The number of amides is 1. The summed E-state index contributed by atoms with van der Waals surface area (Å²) < 4.78 is 7.37. The first-order valence-corrected chi connectivity index (χ1v) is 9.77. The molecule has 29 heavy (non-hydrogen) atoms. The predicted octanol–water partition coefficient (Wildman–Crippen LogP) is 1.81. The largest absolute Gasteiger partial charge is 0.493 e. The Morgan fingerprint density at radius 2 is 2.21 bits per heavy atom. The number of carbonyl (C=O) groups excluding carboxylic acids is 1. The Morgan fingerprint density at radius 1 is 1.34 bits per heavy atom. The highest BCUT2D eigenvalue weighted by Gasteiger charge is 2.19. The van der Waals surface area contributed by atoms with Crippen molar-refractivity contribution in [1.82, 2.24) is 25.3 Å². The molecule has 0 bridgehead atoms. The van der Waals surface area contributed by atoms with Crippen molar-refractivity contribution in [1.29, 1.82) is 0 Å². The first kappa shape index (κ1) is 19.1. The molecule has 0 radical (unpaired) electrons. The van der Waals surface area contributed by atoms with Crippen molar-refractivity contribution in [2.45, 2.75) is 19.9 Å². The molecule has 0 aliphatic carbocycles. The van der Waals surface area contributed by atoms with E-state index in [9.17, 15) is 4.79 Å². The Hall–Kier alpha value is -3.20. The van der Waals surface area contributed by atoms with Crippen LogP contribution in [0.1, 0.15) is 24.2 Å². The monoisotopic (exact) mass is 395 g/mol. The molecule has 1 atom stereocenters. The molecule has 0 saturated carbocycles. The van der Waals surface area contributed by atoms with Crippen molar-refractivity contribution in [2.75, 3.05) is 36.5 Å². The van der Waals surface area contributed by atoms with Gasteiger partial charge in [0.2, 0.25) is 0 Å². The summed E-state index contributed by atoms with van der Waals surface area (Å²) in [4.78, 5) is 15.1. The Bertz CT molecular complexity index is 1020. The summed E-state index contributed by atoms with van der Waals surface area (Å²) in [5, 5.41) is 19.9. The summed E-state index contributed by atoms with van der Waals surface area (Å²) >= 11 is 0. The molecule has 1 amide bonds. The molecule has 2 aromatic heterocycles. The lowest BCUT2D eigenvalue weighted by atomic mass is 10.1. The second-order valence-electron chi connectivity index (χ2n) is 7.18. The third-order valence-electron chi connectivity index (χ3n) is 4.85. The number of nitrogens with one attached hydrogen (secondary N) is 2. The van der Waals surface area contributed by atoms with E-state index >= 15 is 0 Å². The second kappa shape index (κ2) is 8.04. The molecular formula is C20H25N7O2. The van der Waals surface area contributed by atoms with E-state index in [0.29, 0.717) is 29.8 Å². The molecule has 1 aliphatic heterocycles. The van der Waals surface area contributed by atoms with E-state index in [1.165, 1.54) is 0 Å². The van der Waals surface area contributed by atoms with Gasteiger partial charge in [0, 0.05) is 50.4 Å². The molecule has 3 aromatic rings. The van der Waals surface area contributed by atoms with Gasteiger partial charge in [0.15, 0.2) is 11.6 Å². The minimum absolute atomic E-state index is 0.294. The van der Waals surface area contributed by atoms with Crippen LogP contribution in [0.3, 0.4) is 0 Å². The standard InChI is InChI=1S/C20H25N7O2/c1-4-29-17-10-16-14(12-26(3)25-16)9-15(17)20(28)22-18-5-6-19(24-23-18)27-8-7-21-13(2)11-27/h5-6,9-10,12-13,21H,4,7-8,11H2,1-3H3,(H,22,23,28). The van der Waals surface area contributed by atoms with E-state index in [1.807, 2.05) is 26.2 Å². The zero-order valence-corrected chi connectivity index (χ0v) is 16.8. The molecule has 1 saturated heterocycles. The molecule has 9 nitrogen and oxygen atoms in total. The number of hydrogen-bond donors (Lipinski definition) is 2. The number of anilines is 2. The Balaban J connectivity index is 1.53. The first-order valence-electron chi connectivity index (χ1n) is 9.77. The number of ether oxygens (including phenoxy) is 1. The average Bonchev–Trinajstić information content (AvgIpc) is 3.07. The number of fused-ring (bicyclic) bond motifs is 1. The van der Waals surface area contributed by atoms with Gasteiger partial charge >= 0.3 is 0 Å². The van der Waals surface area contributed by atoms with Crippen molar-refractivity contribution in [3.8, 4) is 5.75 Å². The lowest BCUT2D eigenvalue weighted by Gasteiger charge is -2.32. The second-order valence-corrected chi connectivity index (χ2v) is 7.18. The SMILES string of the molecule is CCOc1cc2nn(C)cc2cc1C(=O)Nc1ccc(N2CCNC(C)C2)nn1. The van der Waals surface area contributed by atoms with Crippen molar-refractivity contribution < 1.29 is 9.53 Å². The Kier molecular flexibility index (Phi) is 5.30. The van der Waals surface area contributed by atoms with E-state index in [2.05, 4.69) is 37.8 Å². The number of nitrogens with zero attached hydrogens (tertiary/aromatic N) is 5. The van der Waals surface area contributed by atoms with E-state index in [4.69, 9.17) is 4.74 Å². The number of hydrogen-bond acceptors (Lipinski definition) is 7. The third-order valence-corrected chi connectivity index (χ3v) is 4.85. The van der Waals surface area contributed by atoms with Crippen LogP contribution in [0.15, 0.2) is 30.5 Å². The van der Waals surface area contributed by atoms with Gasteiger partial charge in [0.05, 0.1) is 17.7 Å². The van der Waals surface area contributed by atoms with Crippen molar-refractivity contribution in [3.05, 3.63) is 36.0 Å². The van der Waals surface area contributed by atoms with Crippen LogP contribution in [-0.2, 0) is 7.05 Å². The van der Waals surface area contributed by atoms with E-state index < -0.39 is 0 Å². The summed E-state index contributed by atoms with van der Waals surface area (Å²) in [6.07, 6.45) is 1.87. The van der Waals surface area contributed by atoms with Gasteiger partial charge in [-0.3, -0.25) is 9.48 Å². The topological polar surface area (TPSA) is 97.2 Å². The molecule has 4 rings (SSSR count). The molecule has 152 valence electrons. The number of aryl methyl sites for hydroxylation is 1. The molecule has 1 aliphatic rings. The number of benzene rings is 1. The minimum Gasteiger partial charge on any atom is -0.493 e. The van der Waals surface area contributed by atoms with Crippen molar-refractivity contribution >= 4 is 28.4 Å². The van der Waals surface area contributed by atoms with E-state index in [0.717, 1.165) is 36.4 Å². The molecule has 3 heterocycles. The summed E-state index contributed by atoms with van der Waals surface area (Å²) in [7, 11) is 1.84. The highest BCUT2D eigenvalue weighted by atomic mass is 16.5. The van der Waals surface area contributed by atoms with E-state index in [1.54, 1.807) is 22.9 Å². The number of piperazine rings is 1. The fraction of sp³-hybridized carbons (Fsp3) is 0.400. The quantitative estimate of drug-likeness (QED) is 0.680. The molecule has 2 N–H and O–H groups in total. The maximum Gasteiger partial charge on any atom is 0.260 e. The third kappa shape index (κ3) is 4.14. The highest BCUT2D eigenvalue weighted by molar-refractivity contribution is 6.08. The Morgan fingerprint density at radius 3 is 2.93 bits per heavy atom. The smallest absolute Gasteiger partial charge is 0.260 e. The average molecular weight is 395 g/mol. The molecule has 9 heteroatoms. The van der Waals surface area contributed by atoms with Gasteiger partial charge in [-0.25, -0.2) is 0 Å². The van der Waals surface area contributed by atoms with Crippen LogP contribution < -0.4 is 20.3 Å². The molecule has 1 fully saturated rings. The predicted molar refractivity (Wildman–Crippen MR) is 112 cm³/mol. The van der Waals surface area contributed by atoms with Gasteiger partial charge < -0.3 is 20.3 Å². The maximum absolute atomic E-state index is 12.9. The number of rotatable bonds is 5. The van der Waals surface area contributed by atoms with Crippen LogP contribution in [0, 0.1) is 0 Å². The van der Waals surface area contributed by atoms with Crippen molar-refractivity contribution in [3.63, 3.8) is 0 Å². The highest BCUT2D eigenvalue weighted by Crippen LogP contribution is 2.26. The van der Waals surface area contributed by atoms with Gasteiger partial charge in [0.25, 0.3) is 5.91 Å². The molecule has 1 unspecified atom stereocenters. The van der Waals surface area contributed by atoms with Crippen LogP contribution >= 0.6 is 0 Å². The zero-order valence-electron chi connectivity index (χ0n) is 16.8. The van der Waals surface area contributed by atoms with Gasteiger partial charge in [0.1, 0.15) is 5.75 Å². The van der Waals surface area contributed by atoms with Gasteiger partial charge in [-0.2, -0.15) is 5.10 Å². The normalized spacial score (nSPS) is 16.8. The summed E-state index contributed by atoms with van der Waals surface area (Å²) in [5.74, 6) is 1.41. The van der Waals surface area contributed by atoms with Crippen LogP contribution in [0.5, 0.6) is 5.75 Å². The maximum atomic E-state index is 12.9. The summed E-state index contributed by atoms with van der Waals surface area (Å²) in [6, 6.07) is 7.63. The Labute approximate surface area is 169 Å². The lowest BCUT2D eigenvalue weighted by Crippen LogP contribution is -2.49. The molecule has 0 spiro atoms. The molecular weight excluding hydrogens is 370 g/mol. The van der Waals surface area contributed by atoms with Crippen LogP contribution in [-0.4, -0.2) is 58.2 Å². The number of carbonyl (C=O) groups is 1. The van der Waals surface area contributed by atoms with Crippen LogP contribution in [0.25, 0.3) is 10.9 Å². The summed E-state index contributed by atoms with van der Waals surface area (Å²) in [5.41, 5.74) is 1.22. The fourth-order valence-corrected chi connectivity index (χ4v) is 3.51. The van der Waals surface area contributed by atoms with Gasteiger partial charge in [-0.05, 0) is 32.0 Å². The van der Waals surface area contributed by atoms with Gasteiger partial charge in [-0.15, -0.1) is 10.2 Å².